The van der Waals surface area contributed by atoms with E-state index in [4.69, 9.17) is 5.73 Å². The first-order chi connectivity index (χ1) is 8.79. The summed E-state index contributed by atoms with van der Waals surface area (Å²) in [4.78, 5) is 7.00. The Morgan fingerprint density at radius 2 is 2.11 bits per heavy atom. The molecule has 1 heterocycles. The minimum atomic E-state index is 0.640. The lowest BCUT2D eigenvalue weighted by molar-refractivity contribution is 0.157. The van der Waals surface area contributed by atoms with Gasteiger partial charge in [0.25, 0.3) is 0 Å². The summed E-state index contributed by atoms with van der Waals surface area (Å²) in [7, 11) is 0. The number of nitrogens with zero attached hydrogens (tertiary/aromatic N) is 2. The molecule has 0 bridgehead atoms. The van der Waals surface area contributed by atoms with Crippen molar-refractivity contribution in [3.63, 3.8) is 0 Å². The van der Waals surface area contributed by atoms with Gasteiger partial charge in [0.05, 0.1) is 0 Å². The summed E-state index contributed by atoms with van der Waals surface area (Å²) in [6.07, 6.45) is 8.03. The average Bonchev–Trinajstić information content (AvgIpc) is 2.35. The Morgan fingerprint density at radius 3 is 2.78 bits per heavy atom. The van der Waals surface area contributed by atoms with Crippen LogP contribution >= 0.6 is 0 Å². The molecule has 2 aliphatic rings. The van der Waals surface area contributed by atoms with E-state index in [1.807, 2.05) is 0 Å². The van der Waals surface area contributed by atoms with Crippen LogP contribution in [0.1, 0.15) is 45.4 Å². The smallest absolute Gasteiger partial charge is 0.188 e. The lowest BCUT2D eigenvalue weighted by Crippen LogP contribution is -2.48. The number of piperidine rings is 1. The highest BCUT2D eigenvalue weighted by atomic mass is 15.2. The van der Waals surface area contributed by atoms with Crippen molar-refractivity contribution in [3.8, 4) is 0 Å². The van der Waals surface area contributed by atoms with Gasteiger partial charge in [0.2, 0.25) is 0 Å². The Bertz CT molecular complexity index is 273. The number of likely N-dealkylation sites (N-methyl/N-ethyl adjacent to an activating group) is 1. The molecule has 2 rings (SSSR count). The summed E-state index contributed by atoms with van der Waals surface area (Å²) in [5.41, 5.74) is 5.93. The minimum Gasteiger partial charge on any atom is -0.370 e. The molecule has 4 heteroatoms. The van der Waals surface area contributed by atoms with Crippen molar-refractivity contribution >= 4 is 5.96 Å². The Balaban J connectivity index is 1.68. The lowest BCUT2D eigenvalue weighted by atomic mass is 9.86. The van der Waals surface area contributed by atoms with Gasteiger partial charge in [-0.05, 0) is 44.7 Å². The van der Waals surface area contributed by atoms with E-state index in [0.717, 1.165) is 25.6 Å². The van der Waals surface area contributed by atoms with Crippen molar-refractivity contribution in [2.24, 2.45) is 16.6 Å². The predicted octanol–water partition coefficient (Wildman–Crippen LogP) is 1.57. The summed E-state index contributed by atoms with van der Waals surface area (Å²) >= 11 is 0. The molecule has 0 radical (unpaired) electrons. The maximum Gasteiger partial charge on any atom is 0.188 e. The first kappa shape index (κ1) is 13.7. The van der Waals surface area contributed by atoms with Crippen LogP contribution in [0.25, 0.3) is 0 Å². The van der Waals surface area contributed by atoms with E-state index >= 15 is 0 Å². The van der Waals surface area contributed by atoms with E-state index in [1.165, 1.54) is 45.1 Å². The number of guanidine groups is 1. The highest BCUT2D eigenvalue weighted by Gasteiger charge is 2.20. The van der Waals surface area contributed by atoms with Crippen molar-refractivity contribution < 1.29 is 0 Å². The second kappa shape index (κ2) is 6.98. The van der Waals surface area contributed by atoms with E-state index in [2.05, 4.69) is 22.1 Å². The Morgan fingerprint density at radius 1 is 1.28 bits per heavy atom. The van der Waals surface area contributed by atoms with E-state index < -0.39 is 0 Å². The molecule has 0 aromatic heterocycles. The van der Waals surface area contributed by atoms with Gasteiger partial charge in [0.15, 0.2) is 5.96 Å². The molecule has 1 atom stereocenters. The zero-order valence-electron chi connectivity index (χ0n) is 11.7. The Hall–Kier alpha value is -0.770. The van der Waals surface area contributed by atoms with Crippen molar-refractivity contribution in [1.82, 2.24) is 10.2 Å². The number of rotatable bonds is 5. The first-order valence-electron chi connectivity index (χ1n) is 7.57. The van der Waals surface area contributed by atoms with Gasteiger partial charge in [-0.1, -0.05) is 19.8 Å². The quantitative estimate of drug-likeness (QED) is 0.577. The second-order valence-corrected chi connectivity index (χ2v) is 5.68. The molecule has 2 fully saturated rings. The second-order valence-electron chi connectivity index (χ2n) is 5.68. The predicted molar refractivity (Wildman–Crippen MR) is 76.7 cm³/mol. The third kappa shape index (κ3) is 3.87. The molecule has 18 heavy (non-hydrogen) atoms. The number of aliphatic imine (C=N–C) groups is 1. The number of nitrogens with two attached hydrogens (primary N) is 1. The summed E-state index contributed by atoms with van der Waals surface area (Å²) in [5.74, 6) is 1.44. The van der Waals surface area contributed by atoms with Crippen LogP contribution in [0.15, 0.2) is 4.99 Å². The lowest BCUT2D eigenvalue weighted by Gasteiger charge is -2.35. The molecule has 1 aliphatic heterocycles. The minimum absolute atomic E-state index is 0.640. The normalized spacial score (nSPS) is 26.9. The highest BCUT2D eigenvalue weighted by Crippen LogP contribution is 2.26. The van der Waals surface area contributed by atoms with Crippen molar-refractivity contribution in [3.05, 3.63) is 0 Å². The van der Waals surface area contributed by atoms with Crippen molar-refractivity contribution in [2.45, 2.75) is 51.5 Å². The van der Waals surface area contributed by atoms with Gasteiger partial charge in [-0.25, -0.2) is 0 Å². The van der Waals surface area contributed by atoms with Crippen LogP contribution in [0.4, 0.5) is 0 Å². The number of hydrogen-bond donors (Lipinski definition) is 2. The standard InChI is InChI=1S/C14H28N4/c1-2-18-9-4-3-8-13(18)11-17-14(15)16-10-12-6-5-7-12/h12-13H,2-11H2,1H3,(H3,15,16,17). The van der Waals surface area contributed by atoms with Crippen LogP contribution in [-0.2, 0) is 0 Å². The van der Waals surface area contributed by atoms with Gasteiger partial charge >= 0.3 is 0 Å². The number of nitrogens with one attached hydrogen (secondary N) is 1. The summed E-state index contributed by atoms with van der Waals surface area (Å²) < 4.78 is 0. The van der Waals surface area contributed by atoms with Gasteiger partial charge < -0.3 is 11.1 Å². The molecule has 1 saturated carbocycles. The van der Waals surface area contributed by atoms with E-state index in [9.17, 15) is 0 Å². The summed E-state index contributed by atoms with van der Waals surface area (Å²) in [6, 6.07) is 0.640. The monoisotopic (exact) mass is 252 g/mol. The van der Waals surface area contributed by atoms with E-state index in [-0.39, 0.29) is 0 Å². The molecular weight excluding hydrogens is 224 g/mol. The fourth-order valence-electron chi connectivity index (χ4n) is 2.89. The molecule has 104 valence electrons. The summed E-state index contributed by atoms with van der Waals surface area (Å²) in [5, 5.41) is 3.31. The van der Waals surface area contributed by atoms with Crippen LogP contribution in [0, 0.1) is 5.92 Å². The number of hydrogen-bond acceptors (Lipinski definition) is 2. The van der Waals surface area contributed by atoms with E-state index in [0.29, 0.717) is 12.0 Å². The fraction of sp³-hybridized carbons (Fsp3) is 0.929. The molecule has 4 nitrogen and oxygen atoms in total. The average molecular weight is 252 g/mol. The largest absolute Gasteiger partial charge is 0.370 e. The molecule has 3 N–H and O–H groups in total. The fourth-order valence-corrected chi connectivity index (χ4v) is 2.89. The molecule has 1 aliphatic carbocycles. The third-order valence-corrected chi connectivity index (χ3v) is 4.42. The van der Waals surface area contributed by atoms with Crippen LogP contribution in [0.3, 0.4) is 0 Å². The molecule has 0 amide bonds. The maximum atomic E-state index is 5.93. The van der Waals surface area contributed by atoms with Gasteiger partial charge in [0.1, 0.15) is 0 Å². The molecule has 1 unspecified atom stereocenters. The highest BCUT2D eigenvalue weighted by molar-refractivity contribution is 5.77. The Labute approximate surface area is 111 Å². The summed E-state index contributed by atoms with van der Waals surface area (Å²) in [6.45, 7) is 6.49. The van der Waals surface area contributed by atoms with Crippen LogP contribution in [0.2, 0.25) is 0 Å². The van der Waals surface area contributed by atoms with Gasteiger partial charge in [-0.15, -0.1) is 0 Å². The van der Waals surface area contributed by atoms with Crippen LogP contribution in [-0.4, -0.2) is 43.1 Å². The SMILES string of the molecule is CCN1CCCCC1CNC(N)=NCC1CCC1. The maximum absolute atomic E-state index is 5.93. The van der Waals surface area contributed by atoms with Crippen molar-refractivity contribution in [1.29, 1.82) is 0 Å². The zero-order valence-corrected chi connectivity index (χ0v) is 11.7. The zero-order chi connectivity index (χ0) is 12.8. The number of likely N-dealkylation sites (tertiary alicyclic amines) is 1. The van der Waals surface area contributed by atoms with Gasteiger partial charge in [-0.3, -0.25) is 9.89 Å². The molecule has 0 aromatic carbocycles. The van der Waals surface area contributed by atoms with Crippen LogP contribution < -0.4 is 11.1 Å². The topological polar surface area (TPSA) is 53.6 Å². The third-order valence-electron chi connectivity index (χ3n) is 4.42. The van der Waals surface area contributed by atoms with Gasteiger partial charge in [0, 0.05) is 19.1 Å². The van der Waals surface area contributed by atoms with Crippen molar-refractivity contribution in [2.75, 3.05) is 26.2 Å². The molecule has 0 spiro atoms. The van der Waals surface area contributed by atoms with E-state index in [1.54, 1.807) is 0 Å². The van der Waals surface area contributed by atoms with Gasteiger partial charge in [-0.2, -0.15) is 0 Å². The Kier molecular flexibility index (Phi) is 5.29. The molecule has 1 saturated heterocycles. The van der Waals surface area contributed by atoms with Crippen LogP contribution in [0.5, 0.6) is 0 Å². The molecule has 0 aromatic rings. The first-order valence-corrected chi connectivity index (χ1v) is 7.57. The molecular formula is C14H28N4.